The molecule has 1 aliphatic rings. The number of amides is 1. The van der Waals surface area contributed by atoms with E-state index in [1.807, 2.05) is 18.4 Å². The molecule has 0 unspecified atom stereocenters. The van der Waals surface area contributed by atoms with Gasteiger partial charge in [0.25, 0.3) is 11.0 Å². The number of aryl methyl sites for hydroxylation is 1. The summed E-state index contributed by atoms with van der Waals surface area (Å²) in [6, 6.07) is 13.0. The highest BCUT2D eigenvalue weighted by atomic mass is 32.2. The van der Waals surface area contributed by atoms with E-state index in [4.69, 9.17) is 14.2 Å². The zero-order chi connectivity index (χ0) is 28.1. The van der Waals surface area contributed by atoms with Crippen molar-refractivity contribution in [3.8, 4) is 28.4 Å². The Balaban J connectivity index is 1.87. The van der Waals surface area contributed by atoms with E-state index in [0.29, 0.717) is 51.7 Å². The van der Waals surface area contributed by atoms with Crippen molar-refractivity contribution >= 4 is 17.7 Å². The topological polar surface area (TPSA) is 126 Å². The summed E-state index contributed by atoms with van der Waals surface area (Å²) in [6.45, 7) is -0.364. The highest BCUT2D eigenvalue weighted by molar-refractivity contribution is 7.98. The highest BCUT2D eigenvalue weighted by Gasteiger charge is 2.30. The maximum Gasteiger partial charge on any atom is 0.294 e. The van der Waals surface area contributed by atoms with E-state index in [9.17, 15) is 19.7 Å². The van der Waals surface area contributed by atoms with E-state index in [-0.39, 0.29) is 17.6 Å². The number of fused-ring (bicyclic) bond motifs is 3. The molecule has 1 aliphatic carbocycles. The number of nitrogens with zero attached hydrogens (tertiary/aromatic N) is 1. The molecule has 11 heteroatoms. The van der Waals surface area contributed by atoms with Crippen LogP contribution in [0.25, 0.3) is 11.1 Å². The number of carbonyl (C=O) groups is 1. The lowest BCUT2D eigenvalue weighted by Gasteiger charge is -2.20. The van der Waals surface area contributed by atoms with E-state index < -0.39 is 17.0 Å². The summed E-state index contributed by atoms with van der Waals surface area (Å²) in [6.07, 6.45) is 2.83. The van der Waals surface area contributed by atoms with Gasteiger partial charge in [-0.3, -0.25) is 9.59 Å². The van der Waals surface area contributed by atoms with Crippen LogP contribution in [-0.2, 0) is 17.9 Å². The van der Waals surface area contributed by atoms with Crippen LogP contribution in [0.4, 0.5) is 0 Å². The van der Waals surface area contributed by atoms with E-state index in [0.717, 1.165) is 11.1 Å². The van der Waals surface area contributed by atoms with Crippen molar-refractivity contribution < 1.29 is 28.9 Å². The van der Waals surface area contributed by atoms with Gasteiger partial charge in [-0.05, 0) is 65.6 Å². The van der Waals surface area contributed by atoms with Crippen molar-refractivity contribution in [1.82, 2.24) is 5.32 Å². The lowest BCUT2D eigenvalue weighted by atomic mass is 9.95. The largest absolute Gasteiger partial charge is 0.493 e. The minimum absolute atomic E-state index is 0.175. The van der Waals surface area contributed by atoms with Gasteiger partial charge in [0.05, 0.1) is 32.3 Å². The zero-order valence-corrected chi connectivity index (χ0v) is 22.8. The first kappa shape index (κ1) is 27.8. The van der Waals surface area contributed by atoms with Crippen LogP contribution in [0.2, 0.25) is 0 Å². The monoisotopic (exact) mass is 552 g/mol. The summed E-state index contributed by atoms with van der Waals surface area (Å²) < 4.78 is 17.0. The van der Waals surface area contributed by atoms with Gasteiger partial charge < -0.3 is 24.4 Å². The first-order chi connectivity index (χ1) is 18.8. The van der Waals surface area contributed by atoms with Gasteiger partial charge in [-0.25, -0.2) is 0 Å². The van der Waals surface area contributed by atoms with Gasteiger partial charge in [0, 0.05) is 11.1 Å². The Bertz CT molecular complexity index is 1480. The number of ether oxygens (including phenoxy) is 3. The number of carbonyl (C=O) groups excluding carboxylic acids is 1. The fourth-order valence-corrected chi connectivity index (χ4v) is 5.31. The van der Waals surface area contributed by atoms with E-state index in [1.165, 1.54) is 18.9 Å². The highest BCUT2D eigenvalue weighted by Crippen LogP contribution is 2.50. The van der Waals surface area contributed by atoms with Gasteiger partial charge in [-0.15, -0.1) is 21.9 Å². The van der Waals surface area contributed by atoms with Crippen LogP contribution in [0, 0.1) is 10.1 Å². The molecule has 0 aliphatic heterocycles. The molecular weight excluding hydrogens is 524 g/mol. The van der Waals surface area contributed by atoms with Crippen LogP contribution in [0.5, 0.6) is 17.2 Å². The smallest absolute Gasteiger partial charge is 0.294 e. The third kappa shape index (κ3) is 5.63. The molecule has 1 amide bonds. The van der Waals surface area contributed by atoms with E-state index >= 15 is 0 Å². The number of benzene rings is 2. The molecule has 0 saturated heterocycles. The summed E-state index contributed by atoms with van der Waals surface area (Å²) in [7, 11) is 4.62. The molecule has 4 rings (SSSR count). The fourth-order valence-electron chi connectivity index (χ4n) is 4.84. The second kappa shape index (κ2) is 12.1. The van der Waals surface area contributed by atoms with Crippen LogP contribution in [0.1, 0.15) is 39.5 Å². The average molecular weight is 553 g/mol. The molecular formula is C28H28N2O8S. The molecule has 10 nitrogen and oxygen atoms in total. The first-order valence-corrected chi connectivity index (χ1v) is 13.3. The Morgan fingerprint density at radius 3 is 2.49 bits per heavy atom. The molecule has 0 fully saturated rings. The summed E-state index contributed by atoms with van der Waals surface area (Å²) >= 11 is 1.33. The Morgan fingerprint density at radius 2 is 1.82 bits per heavy atom. The number of thioether (sulfide) groups is 1. The summed E-state index contributed by atoms with van der Waals surface area (Å²) in [5.41, 5.74) is 3.44. The second-order valence-corrected chi connectivity index (χ2v) is 9.53. The molecule has 0 radical (unpaired) electrons. The number of hydrogen-bond acceptors (Lipinski definition) is 9. The SMILES string of the molecule is COc1cc2c(c(OC)c1OC)-c1ccc(SC)c(=O)cc1[C@@H](NC(=O)c1ccccc1CO[N+](=O)[O-])CC2. The Hall–Kier alpha value is -4.25. The van der Waals surface area contributed by atoms with Gasteiger partial charge >= 0.3 is 0 Å². The lowest BCUT2D eigenvalue weighted by Crippen LogP contribution is -2.30. The van der Waals surface area contributed by atoms with Gasteiger partial charge in [0.15, 0.2) is 16.9 Å². The van der Waals surface area contributed by atoms with Crippen LogP contribution < -0.4 is 25.0 Å². The maximum absolute atomic E-state index is 13.5. The van der Waals surface area contributed by atoms with Crippen molar-refractivity contribution in [1.29, 1.82) is 0 Å². The molecule has 1 atom stereocenters. The standard InChI is InChI=1S/C28H28N2O8S/c1-35-23-13-16-9-11-21(29-28(32)18-8-6-5-7-17(18)15-38-30(33)34)20-14-22(31)24(39-4)12-10-19(20)25(16)27(37-3)26(23)36-2/h5-8,10,12-14,21H,9,11,15H2,1-4H3,(H,29,32)/t21-/m0/s1. The van der Waals surface area contributed by atoms with Crippen molar-refractivity contribution in [2.75, 3.05) is 27.6 Å². The molecule has 1 N–H and O–H groups in total. The molecule has 0 heterocycles. The number of rotatable bonds is 9. The van der Waals surface area contributed by atoms with Gasteiger partial charge in [-0.1, -0.05) is 24.3 Å². The van der Waals surface area contributed by atoms with Crippen LogP contribution in [0.3, 0.4) is 0 Å². The summed E-state index contributed by atoms with van der Waals surface area (Å²) in [5.74, 6) is 0.953. The molecule has 3 aromatic carbocycles. The predicted octanol–water partition coefficient (Wildman–Crippen LogP) is 4.59. The van der Waals surface area contributed by atoms with Gasteiger partial charge in [0.1, 0.15) is 6.61 Å². The summed E-state index contributed by atoms with van der Waals surface area (Å²) in [5, 5.41) is 12.9. The van der Waals surface area contributed by atoms with Crippen LogP contribution >= 0.6 is 11.8 Å². The average Bonchev–Trinajstić information content (AvgIpc) is 3.19. The quantitative estimate of drug-likeness (QED) is 0.230. The molecule has 39 heavy (non-hydrogen) atoms. The normalized spacial score (nSPS) is 13.8. The van der Waals surface area contributed by atoms with Crippen molar-refractivity contribution in [2.45, 2.75) is 30.4 Å². The first-order valence-electron chi connectivity index (χ1n) is 12.0. The Kier molecular flexibility index (Phi) is 8.60. The van der Waals surface area contributed by atoms with Gasteiger partial charge in [-0.2, -0.15) is 0 Å². The molecule has 3 aromatic rings. The fraction of sp³-hybridized carbons (Fsp3) is 0.286. The Labute approximate surface area is 229 Å². The summed E-state index contributed by atoms with van der Waals surface area (Å²) in [4.78, 5) is 42.4. The predicted molar refractivity (Wildman–Crippen MR) is 146 cm³/mol. The van der Waals surface area contributed by atoms with Crippen molar-refractivity contribution in [2.24, 2.45) is 0 Å². The minimum atomic E-state index is -0.900. The number of hydrogen-bond donors (Lipinski definition) is 1. The third-order valence-electron chi connectivity index (χ3n) is 6.61. The molecule has 204 valence electrons. The molecule has 0 saturated carbocycles. The van der Waals surface area contributed by atoms with E-state index in [1.54, 1.807) is 50.6 Å². The minimum Gasteiger partial charge on any atom is -0.493 e. The van der Waals surface area contributed by atoms with Gasteiger partial charge in [0.2, 0.25) is 5.75 Å². The molecule has 0 spiro atoms. The molecule has 0 aromatic heterocycles. The zero-order valence-electron chi connectivity index (χ0n) is 21.9. The van der Waals surface area contributed by atoms with Crippen LogP contribution in [-0.4, -0.2) is 38.6 Å². The number of methoxy groups -OCH3 is 3. The van der Waals surface area contributed by atoms with Crippen LogP contribution in [0.15, 0.2) is 58.2 Å². The van der Waals surface area contributed by atoms with Crippen molar-refractivity contribution in [3.63, 3.8) is 0 Å². The van der Waals surface area contributed by atoms with E-state index in [2.05, 4.69) is 10.2 Å². The van der Waals surface area contributed by atoms with Crippen molar-refractivity contribution in [3.05, 3.63) is 91.1 Å². The number of nitrogens with one attached hydrogen (secondary N) is 1. The Morgan fingerprint density at radius 1 is 1.08 bits per heavy atom. The molecule has 0 bridgehead atoms. The second-order valence-electron chi connectivity index (χ2n) is 8.68. The lowest BCUT2D eigenvalue weighted by molar-refractivity contribution is -0.763. The maximum atomic E-state index is 13.5. The third-order valence-corrected chi connectivity index (χ3v) is 7.39.